The Balaban J connectivity index is 1.49. The van der Waals surface area contributed by atoms with Crippen LogP contribution in [0.25, 0.3) is 0 Å². The molecule has 4 nitrogen and oxygen atoms in total. The number of nitrogens with one attached hydrogen (secondary N) is 2. The molecule has 1 atom stereocenters. The lowest BCUT2D eigenvalue weighted by Gasteiger charge is -2.20. The predicted octanol–water partition coefficient (Wildman–Crippen LogP) is 2.12. The molecule has 1 amide bonds. The van der Waals surface area contributed by atoms with Gasteiger partial charge in [0.15, 0.2) is 0 Å². The minimum absolute atomic E-state index is 0.0537. The van der Waals surface area contributed by atoms with Crippen molar-refractivity contribution in [2.75, 3.05) is 38.0 Å². The topological polar surface area (TPSA) is 44.4 Å². The Morgan fingerprint density at radius 3 is 3.00 bits per heavy atom. The molecule has 1 aromatic rings. The van der Waals surface area contributed by atoms with Gasteiger partial charge in [0.25, 0.3) is 5.91 Å². The van der Waals surface area contributed by atoms with E-state index in [1.165, 1.54) is 37.2 Å². The Morgan fingerprint density at radius 2 is 2.19 bits per heavy atom. The first-order valence-electron chi connectivity index (χ1n) is 8.10. The largest absolute Gasteiger partial charge is 0.384 e. The van der Waals surface area contributed by atoms with Crippen LogP contribution in [-0.2, 0) is 6.42 Å². The molecule has 0 spiro atoms. The van der Waals surface area contributed by atoms with Crippen LogP contribution >= 0.6 is 0 Å². The van der Waals surface area contributed by atoms with Crippen LogP contribution in [0.15, 0.2) is 18.2 Å². The summed E-state index contributed by atoms with van der Waals surface area (Å²) < 4.78 is 0. The third-order valence-electron chi connectivity index (χ3n) is 4.46. The maximum absolute atomic E-state index is 12.2. The van der Waals surface area contributed by atoms with E-state index in [1.807, 2.05) is 18.2 Å². The Kier molecular flexibility index (Phi) is 4.44. The highest BCUT2D eigenvalue weighted by molar-refractivity contribution is 5.95. The SMILES string of the molecule is CC(CNC(=O)c1ccc2c(c1)CCN2)CN1CCCC1. The van der Waals surface area contributed by atoms with Gasteiger partial charge in [-0.3, -0.25) is 4.79 Å². The van der Waals surface area contributed by atoms with Gasteiger partial charge in [-0.25, -0.2) is 0 Å². The van der Waals surface area contributed by atoms with E-state index >= 15 is 0 Å². The number of anilines is 1. The Morgan fingerprint density at radius 1 is 1.38 bits per heavy atom. The zero-order valence-electron chi connectivity index (χ0n) is 12.8. The molecule has 114 valence electrons. The summed E-state index contributed by atoms with van der Waals surface area (Å²) in [5.74, 6) is 0.557. The number of benzene rings is 1. The van der Waals surface area contributed by atoms with Gasteiger partial charge in [-0.05, 0) is 62.0 Å². The first-order chi connectivity index (χ1) is 10.2. The highest BCUT2D eigenvalue weighted by Crippen LogP contribution is 2.22. The molecule has 2 N–H and O–H groups in total. The van der Waals surface area contributed by atoms with Gasteiger partial charge in [0, 0.05) is 30.9 Å². The summed E-state index contributed by atoms with van der Waals surface area (Å²) in [6.07, 6.45) is 3.66. The van der Waals surface area contributed by atoms with Crippen molar-refractivity contribution < 1.29 is 4.79 Å². The van der Waals surface area contributed by atoms with Crippen molar-refractivity contribution in [2.45, 2.75) is 26.2 Å². The number of likely N-dealkylation sites (tertiary alicyclic amines) is 1. The van der Waals surface area contributed by atoms with Crippen LogP contribution in [0, 0.1) is 5.92 Å². The van der Waals surface area contributed by atoms with Gasteiger partial charge in [-0.15, -0.1) is 0 Å². The maximum atomic E-state index is 12.2. The number of carbonyl (C=O) groups excluding carboxylic acids is 1. The summed E-state index contributed by atoms with van der Waals surface area (Å²) >= 11 is 0. The van der Waals surface area contributed by atoms with Gasteiger partial charge in [0.1, 0.15) is 0 Å². The number of hydrogen-bond donors (Lipinski definition) is 2. The number of nitrogens with zero attached hydrogens (tertiary/aromatic N) is 1. The maximum Gasteiger partial charge on any atom is 0.251 e. The van der Waals surface area contributed by atoms with Gasteiger partial charge in [0.2, 0.25) is 0 Å². The van der Waals surface area contributed by atoms with E-state index in [0.29, 0.717) is 5.92 Å². The summed E-state index contributed by atoms with van der Waals surface area (Å²) in [6, 6.07) is 5.96. The molecule has 0 aliphatic carbocycles. The standard InChI is InChI=1S/C17H25N3O/c1-13(12-20-8-2-3-9-20)11-19-17(21)15-4-5-16-14(10-15)6-7-18-16/h4-5,10,13,18H,2-3,6-9,11-12H2,1H3,(H,19,21). The summed E-state index contributed by atoms with van der Waals surface area (Å²) in [7, 11) is 0. The fourth-order valence-corrected chi connectivity index (χ4v) is 3.29. The van der Waals surface area contributed by atoms with E-state index in [0.717, 1.165) is 31.6 Å². The van der Waals surface area contributed by atoms with E-state index in [1.54, 1.807) is 0 Å². The average Bonchev–Trinajstić information content (AvgIpc) is 3.14. The Bertz CT molecular complexity index is 509. The lowest BCUT2D eigenvalue weighted by atomic mass is 10.1. The van der Waals surface area contributed by atoms with Crippen LogP contribution in [0.5, 0.6) is 0 Å². The first kappa shape index (κ1) is 14.4. The van der Waals surface area contributed by atoms with Crippen LogP contribution in [0.3, 0.4) is 0 Å². The Hall–Kier alpha value is -1.55. The van der Waals surface area contributed by atoms with Crippen molar-refractivity contribution >= 4 is 11.6 Å². The monoisotopic (exact) mass is 287 g/mol. The molecule has 2 aliphatic rings. The van der Waals surface area contributed by atoms with E-state index in [2.05, 4.69) is 22.5 Å². The summed E-state index contributed by atoms with van der Waals surface area (Å²) in [6.45, 7) is 7.48. The fourth-order valence-electron chi connectivity index (χ4n) is 3.29. The summed E-state index contributed by atoms with van der Waals surface area (Å²) in [5.41, 5.74) is 3.22. The van der Waals surface area contributed by atoms with Crippen LogP contribution in [0.1, 0.15) is 35.7 Å². The molecule has 0 bridgehead atoms. The molecule has 0 aromatic heterocycles. The van der Waals surface area contributed by atoms with E-state index in [-0.39, 0.29) is 5.91 Å². The number of amides is 1. The van der Waals surface area contributed by atoms with Gasteiger partial charge in [0.05, 0.1) is 0 Å². The molecule has 2 aliphatic heterocycles. The van der Waals surface area contributed by atoms with Crippen molar-refractivity contribution in [1.82, 2.24) is 10.2 Å². The van der Waals surface area contributed by atoms with Crippen LogP contribution in [0.4, 0.5) is 5.69 Å². The van der Waals surface area contributed by atoms with Crippen molar-refractivity contribution in [3.8, 4) is 0 Å². The third kappa shape index (κ3) is 3.56. The molecule has 1 fully saturated rings. The van der Waals surface area contributed by atoms with Gasteiger partial charge >= 0.3 is 0 Å². The van der Waals surface area contributed by atoms with Gasteiger partial charge in [-0.2, -0.15) is 0 Å². The number of rotatable bonds is 5. The van der Waals surface area contributed by atoms with E-state index < -0.39 is 0 Å². The summed E-state index contributed by atoms with van der Waals surface area (Å²) in [5, 5.41) is 6.40. The first-order valence-corrected chi connectivity index (χ1v) is 8.10. The second-order valence-electron chi connectivity index (χ2n) is 6.37. The molecular weight excluding hydrogens is 262 g/mol. The molecule has 0 radical (unpaired) electrons. The predicted molar refractivity (Wildman–Crippen MR) is 85.8 cm³/mol. The zero-order chi connectivity index (χ0) is 14.7. The van der Waals surface area contributed by atoms with Crippen molar-refractivity contribution in [3.63, 3.8) is 0 Å². The number of carbonyl (C=O) groups is 1. The Labute approximate surface area is 126 Å². The smallest absolute Gasteiger partial charge is 0.251 e. The average molecular weight is 287 g/mol. The third-order valence-corrected chi connectivity index (χ3v) is 4.46. The highest BCUT2D eigenvalue weighted by atomic mass is 16.1. The highest BCUT2D eigenvalue weighted by Gasteiger charge is 2.16. The number of hydrogen-bond acceptors (Lipinski definition) is 3. The van der Waals surface area contributed by atoms with Crippen molar-refractivity contribution in [3.05, 3.63) is 29.3 Å². The quantitative estimate of drug-likeness (QED) is 0.872. The zero-order valence-corrected chi connectivity index (χ0v) is 12.8. The fraction of sp³-hybridized carbons (Fsp3) is 0.588. The van der Waals surface area contributed by atoms with Gasteiger partial charge < -0.3 is 15.5 Å². The molecule has 2 heterocycles. The van der Waals surface area contributed by atoms with Crippen LogP contribution in [-0.4, -0.2) is 43.5 Å². The molecule has 4 heteroatoms. The molecule has 3 rings (SSSR count). The van der Waals surface area contributed by atoms with E-state index in [9.17, 15) is 4.79 Å². The molecule has 1 saturated heterocycles. The van der Waals surface area contributed by atoms with Crippen molar-refractivity contribution in [2.24, 2.45) is 5.92 Å². The van der Waals surface area contributed by atoms with Crippen LogP contribution < -0.4 is 10.6 Å². The minimum atomic E-state index is 0.0537. The number of fused-ring (bicyclic) bond motifs is 1. The molecule has 1 unspecified atom stereocenters. The molecular formula is C17H25N3O. The summed E-state index contributed by atoms with van der Waals surface area (Å²) in [4.78, 5) is 14.7. The minimum Gasteiger partial charge on any atom is -0.384 e. The van der Waals surface area contributed by atoms with Crippen molar-refractivity contribution in [1.29, 1.82) is 0 Å². The molecule has 1 aromatic carbocycles. The van der Waals surface area contributed by atoms with Crippen LogP contribution in [0.2, 0.25) is 0 Å². The van der Waals surface area contributed by atoms with E-state index in [4.69, 9.17) is 0 Å². The molecule has 0 saturated carbocycles. The van der Waals surface area contributed by atoms with Gasteiger partial charge in [-0.1, -0.05) is 6.92 Å². The molecule has 21 heavy (non-hydrogen) atoms. The normalized spacial score (nSPS) is 19.1. The second kappa shape index (κ2) is 6.48. The lowest BCUT2D eigenvalue weighted by molar-refractivity contribution is 0.0945. The second-order valence-corrected chi connectivity index (χ2v) is 6.37. The lowest BCUT2D eigenvalue weighted by Crippen LogP contribution is -2.34.